The first kappa shape index (κ1) is 28.2. The normalized spacial score (nSPS) is 9.74. The van der Waals surface area contributed by atoms with E-state index in [1.807, 2.05) is 13.0 Å². The zero-order valence-electron chi connectivity index (χ0n) is 19.8. The zero-order valence-corrected chi connectivity index (χ0v) is 19.8. The summed E-state index contributed by atoms with van der Waals surface area (Å²) in [5, 5.41) is 5.21. The van der Waals surface area contributed by atoms with Crippen LogP contribution in [0, 0.1) is 32.4 Å². The summed E-state index contributed by atoms with van der Waals surface area (Å²) < 4.78 is 30.4. The molecule has 34 heavy (non-hydrogen) atoms. The Morgan fingerprint density at radius 3 is 1.97 bits per heavy atom. The Hall–Kier alpha value is -3.88. The number of hydrogen-bond acceptors (Lipinski definition) is 5. The smallest absolute Gasteiger partial charge is 0.313 e. The van der Waals surface area contributed by atoms with Crippen molar-refractivity contribution in [2.45, 2.75) is 40.5 Å². The lowest BCUT2D eigenvalue weighted by Gasteiger charge is -2.02. The fourth-order valence-electron chi connectivity index (χ4n) is 2.67. The number of nitrogens with one attached hydrogen (secondary N) is 2. The molecule has 0 radical (unpaired) electrons. The van der Waals surface area contributed by atoms with Crippen molar-refractivity contribution in [2.24, 2.45) is 0 Å². The molecule has 182 valence electrons. The second-order valence-electron chi connectivity index (χ2n) is 7.55. The highest BCUT2D eigenvalue weighted by molar-refractivity contribution is 5.93. The molecule has 0 fully saturated rings. The minimum absolute atomic E-state index is 0.115. The van der Waals surface area contributed by atoms with Gasteiger partial charge in [-0.05, 0) is 62.6 Å². The van der Waals surface area contributed by atoms with E-state index in [-0.39, 0.29) is 29.1 Å². The molecular weight excluding hydrogens is 446 g/mol. The highest BCUT2D eigenvalue weighted by atomic mass is 19.1. The summed E-state index contributed by atoms with van der Waals surface area (Å²) in [7, 11) is 1.26. The Kier molecular flexibility index (Phi) is 11.3. The number of ketones is 1. The number of benzene rings is 2. The van der Waals surface area contributed by atoms with E-state index in [0.29, 0.717) is 23.8 Å². The van der Waals surface area contributed by atoms with Gasteiger partial charge in [0.2, 0.25) is 0 Å². The lowest BCUT2D eigenvalue weighted by molar-refractivity contribution is -0.142. The maximum Gasteiger partial charge on any atom is 0.313 e. The largest absolute Gasteiger partial charge is 0.469 e. The van der Waals surface area contributed by atoms with Crippen molar-refractivity contribution in [3.05, 3.63) is 91.9 Å². The predicted molar refractivity (Wildman–Crippen MR) is 124 cm³/mol. The SMILES string of the molecule is COC(=O)CC(C)=O.Cc1ccc(C=O)c(F)c1.Cc1ccc(Cc2c(C)[nH][nH]c2=O)c(F)c1. The molecule has 0 amide bonds. The first-order valence-electron chi connectivity index (χ1n) is 10.3. The van der Waals surface area contributed by atoms with Crippen molar-refractivity contribution in [1.29, 1.82) is 0 Å². The van der Waals surface area contributed by atoms with Gasteiger partial charge in [0, 0.05) is 17.7 Å². The molecule has 0 aliphatic carbocycles. The maximum atomic E-state index is 13.6. The third-order valence-electron chi connectivity index (χ3n) is 4.57. The summed E-state index contributed by atoms with van der Waals surface area (Å²) in [6, 6.07) is 9.55. The number of rotatable bonds is 5. The van der Waals surface area contributed by atoms with E-state index in [1.54, 1.807) is 26.0 Å². The van der Waals surface area contributed by atoms with Gasteiger partial charge in [-0.1, -0.05) is 18.2 Å². The van der Waals surface area contributed by atoms with Gasteiger partial charge < -0.3 is 9.84 Å². The Bertz CT molecular complexity index is 1200. The van der Waals surface area contributed by atoms with Crippen LogP contribution in [0.2, 0.25) is 0 Å². The standard InChI is InChI=1S/C12H13FN2O.C8H7FO.C5H8O3/c1-7-3-4-9(11(13)5-7)6-10-8(2)14-15-12(10)16;1-6-2-3-7(5-10)8(9)4-6;1-4(6)3-5(7)8-2/h3-5H,6H2,1-2H3,(H2,14,15,16);2-5H,1H3;3H2,1-2H3. The van der Waals surface area contributed by atoms with Crippen molar-refractivity contribution in [3.8, 4) is 0 Å². The van der Waals surface area contributed by atoms with Crippen molar-refractivity contribution >= 4 is 18.0 Å². The van der Waals surface area contributed by atoms with Crippen molar-refractivity contribution in [3.63, 3.8) is 0 Å². The molecule has 2 N–H and O–H groups in total. The van der Waals surface area contributed by atoms with Gasteiger partial charge in [-0.25, -0.2) is 8.78 Å². The number of aromatic amines is 2. The van der Waals surface area contributed by atoms with Gasteiger partial charge in [-0.3, -0.25) is 24.3 Å². The van der Waals surface area contributed by atoms with E-state index >= 15 is 0 Å². The van der Waals surface area contributed by atoms with Crippen LogP contribution in [0.1, 0.15) is 51.7 Å². The molecular formula is C25H28F2N2O5. The lowest BCUT2D eigenvalue weighted by atomic mass is 10.0. The average molecular weight is 475 g/mol. The molecule has 3 aromatic rings. The van der Waals surface area contributed by atoms with E-state index in [0.717, 1.165) is 16.8 Å². The number of H-pyrrole nitrogens is 2. The minimum Gasteiger partial charge on any atom is -0.469 e. The Labute approximate surface area is 196 Å². The highest BCUT2D eigenvalue weighted by Gasteiger charge is 2.10. The summed E-state index contributed by atoms with van der Waals surface area (Å²) >= 11 is 0. The van der Waals surface area contributed by atoms with Crippen molar-refractivity contribution < 1.29 is 27.9 Å². The van der Waals surface area contributed by atoms with Gasteiger partial charge in [0.15, 0.2) is 6.29 Å². The van der Waals surface area contributed by atoms with E-state index in [9.17, 15) is 28.0 Å². The monoisotopic (exact) mass is 474 g/mol. The van der Waals surface area contributed by atoms with Crippen LogP contribution in [-0.2, 0) is 20.7 Å². The molecule has 1 aromatic heterocycles. The fraction of sp³-hybridized carbons (Fsp3) is 0.280. The van der Waals surface area contributed by atoms with Crippen molar-refractivity contribution in [1.82, 2.24) is 10.2 Å². The van der Waals surface area contributed by atoms with E-state index in [1.165, 1.54) is 32.2 Å². The Balaban J connectivity index is 0.000000277. The molecule has 0 unspecified atom stereocenters. The van der Waals surface area contributed by atoms with Gasteiger partial charge in [-0.2, -0.15) is 0 Å². The number of ether oxygens (including phenoxy) is 1. The van der Waals surface area contributed by atoms with Crippen LogP contribution in [0.4, 0.5) is 8.78 Å². The molecule has 1 heterocycles. The van der Waals surface area contributed by atoms with E-state index < -0.39 is 11.8 Å². The predicted octanol–water partition coefficient (Wildman–Crippen LogP) is 4.13. The van der Waals surface area contributed by atoms with Gasteiger partial charge in [-0.15, -0.1) is 0 Å². The number of carbonyl (C=O) groups is 3. The first-order chi connectivity index (χ1) is 16.0. The van der Waals surface area contributed by atoms with Crippen LogP contribution >= 0.6 is 0 Å². The minimum atomic E-state index is -0.475. The molecule has 2 aromatic carbocycles. The Morgan fingerprint density at radius 1 is 0.971 bits per heavy atom. The number of hydrogen-bond donors (Lipinski definition) is 2. The third-order valence-corrected chi connectivity index (χ3v) is 4.57. The summed E-state index contributed by atoms with van der Waals surface area (Å²) in [5.41, 5.74) is 3.51. The van der Waals surface area contributed by atoms with Gasteiger partial charge >= 0.3 is 5.97 Å². The van der Waals surface area contributed by atoms with Gasteiger partial charge in [0.1, 0.15) is 23.8 Å². The van der Waals surface area contributed by atoms with Crippen LogP contribution in [0.5, 0.6) is 0 Å². The number of carbonyl (C=O) groups excluding carboxylic acids is 3. The molecule has 0 aliphatic heterocycles. The molecule has 0 saturated heterocycles. The molecule has 0 aliphatic rings. The van der Waals surface area contributed by atoms with Gasteiger partial charge in [0.25, 0.3) is 5.56 Å². The van der Waals surface area contributed by atoms with E-state index in [4.69, 9.17) is 0 Å². The van der Waals surface area contributed by atoms with Crippen molar-refractivity contribution in [2.75, 3.05) is 7.11 Å². The quantitative estimate of drug-likeness (QED) is 0.328. The van der Waals surface area contributed by atoms with Crippen LogP contribution in [-0.4, -0.2) is 35.3 Å². The number of aromatic nitrogens is 2. The second kappa shape index (κ2) is 13.6. The number of esters is 1. The Morgan fingerprint density at radius 2 is 1.56 bits per heavy atom. The summed E-state index contributed by atoms with van der Waals surface area (Å²) in [4.78, 5) is 41.8. The second-order valence-corrected chi connectivity index (χ2v) is 7.55. The van der Waals surface area contributed by atoms with Crippen LogP contribution in [0.3, 0.4) is 0 Å². The number of methoxy groups -OCH3 is 1. The molecule has 9 heteroatoms. The summed E-state index contributed by atoms with van der Waals surface area (Å²) in [5.74, 6) is -1.36. The first-order valence-corrected chi connectivity index (χ1v) is 10.3. The molecule has 7 nitrogen and oxygen atoms in total. The number of Topliss-reactive ketones (excluding diaryl/α,β-unsaturated/α-hetero) is 1. The molecule has 3 rings (SSSR count). The molecule has 0 bridgehead atoms. The zero-order chi connectivity index (χ0) is 25.8. The lowest BCUT2D eigenvalue weighted by Crippen LogP contribution is -2.07. The summed E-state index contributed by atoms with van der Waals surface area (Å²) in [6.07, 6.45) is 0.710. The number of aldehydes is 1. The summed E-state index contributed by atoms with van der Waals surface area (Å²) in [6.45, 7) is 6.75. The van der Waals surface area contributed by atoms with Crippen LogP contribution in [0.25, 0.3) is 0 Å². The maximum absolute atomic E-state index is 13.6. The van der Waals surface area contributed by atoms with Crippen LogP contribution < -0.4 is 5.56 Å². The molecule has 0 saturated carbocycles. The van der Waals surface area contributed by atoms with E-state index in [2.05, 4.69) is 14.9 Å². The number of halogens is 2. The number of aryl methyl sites for hydroxylation is 3. The fourth-order valence-corrected chi connectivity index (χ4v) is 2.67. The van der Waals surface area contributed by atoms with Gasteiger partial charge in [0.05, 0.1) is 12.7 Å². The molecule has 0 spiro atoms. The highest BCUT2D eigenvalue weighted by Crippen LogP contribution is 2.14. The third kappa shape index (κ3) is 9.32. The molecule has 0 atom stereocenters. The van der Waals surface area contributed by atoms with Crippen LogP contribution in [0.15, 0.2) is 41.2 Å². The average Bonchev–Trinajstić information content (AvgIpc) is 3.08. The topological polar surface area (TPSA) is 109 Å².